The summed E-state index contributed by atoms with van der Waals surface area (Å²) >= 11 is 0. The number of aryl methyl sites for hydroxylation is 1. The first-order valence-electron chi connectivity index (χ1n) is 20.7. The van der Waals surface area contributed by atoms with Crippen molar-refractivity contribution in [3.05, 3.63) is 168 Å². The van der Waals surface area contributed by atoms with Crippen LogP contribution in [0.4, 0.5) is 0 Å². The van der Waals surface area contributed by atoms with Gasteiger partial charge in [-0.1, -0.05) is 139 Å². The van der Waals surface area contributed by atoms with E-state index in [0.29, 0.717) is 11.4 Å². The van der Waals surface area contributed by atoms with Crippen LogP contribution < -0.4 is 0 Å². The Morgan fingerprint density at radius 3 is 1.91 bits per heavy atom. The Morgan fingerprint density at radius 1 is 0.614 bits per heavy atom. The Kier molecular flexibility index (Phi) is 9.26. The van der Waals surface area contributed by atoms with Crippen LogP contribution in [0.15, 0.2) is 146 Å². The molecule has 0 unspecified atom stereocenters. The molecule has 2 aromatic heterocycles. The molecule has 0 aliphatic heterocycles. The average molecular weight is 748 g/mol. The lowest BCUT2D eigenvalue weighted by Gasteiger charge is -2.22. The van der Waals surface area contributed by atoms with Crippen LogP contribution >= 0.6 is 0 Å². The lowest BCUT2D eigenvalue weighted by molar-refractivity contribution is 0.477. The number of fused-ring (bicyclic) bond motifs is 1. The molecular formula is C53H51N3O. The van der Waals surface area contributed by atoms with E-state index in [1.165, 1.54) is 11.1 Å². The van der Waals surface area contributed by atoms with Gasteiger partial charge in [0, 0.05) is 25.8 Å². The molecule has 0 aliphatic carbocycles. The third-order valence-corrected chi connectivity index (χ3v) is 10.9. The fourth-order valence-corrected chi connectivity index (χ4v) is 7.79. The van der Waals surface area contributed by atoms with E-state index >= 15 is 0 Å². The topological polar surface area (TPSA) is 50.9 Å². The summed E-state index contributed by atoms with van der Waals surface area (Å²) in [6, 6.07) is 47.5. The van der Waals surface area contributed by atoms with E-state index in [9.17, 15) is 5.11 Å². The van der Waals surface area contributed by atoms with E-state index < -0.39 is 11.8 Å². The summed E-state index contributed by atoms with van der Waals surface area (Å²) in [6.45, 7) is 16.4. The summed E-state index contributed by atoms with van der Waals surface area (Å²) < 4.78 is 20.1. The molecule has 0 radical (unpaired) electrons. The first-order chi connectivity index (χ1) is 28.0. The highest BCUT2D eigenvalue weighted by atomic mass is 16.3. The standard InChI is InChI=1S/C53H51N3O/c1-33(2)43-14-11-15-44(34(3)4)50(43)37-23-25-42(26-24-37)56-48-17-12-16-45(51(48)55-52(56)46-13-9-10-18-49(46)57)39-29-40(31-41(30-39)53(6,7)8)47-32-38(27-28-54-47)36-21-19-35(5)20-22-36/h9-34,57H,1-8H3/i33D,34D. The van der Waals surface area contributed by atoms with Crippen molar-refractivity contribution >= 4 is 11.0 Å². The van der Waals surface area contributed by atoms with Gasteiger partial charge in [0.05, 0.1) is 22.3 Å². The highest BCUT2D eigenvalue weighted by molar-refractivity contribution is 5.97. The smallest absolute Gasteiger partial charge is 0.149 e. The Morgan fingerprint density at radius 2 is 1.25 bits per heavy atom. The lowest BCUT2D eigenvalue weighted by atomic mass is 9.83. The second kappa shape index (κ2) is 15.0. The van der Waals surface area contributed by atoms with Gasteiger partial charge in [-0.05, 0) is 123 Å². The van der Waals surface area contributed by atoms with Gasteiger partial charge >= 0.3 is 0 Å². The molecule has 1 N–H and O–H groups in total. The molecular weight excluding hydrogens is 695 g/mol. The van der Waals surface area contributed by atoms with Crippen molar-refractivity contribution in [1.82, 2.24) is 14.5 Å². The highest BCUT2D eigenvalue weighted by Gasteiger charge is 2.23. The van der Waals surface area contributed by atoms with Crippen molar-refractivity contribution in [2.75, 3.05) is 0 Å². The summed E-state index contributed by atoms with van der Waals surface area (Å²) in [4.78, 5) is 10.2. The van der Waals surface area contributed by atoms with Gasteiger partial charge in [0.2, 0.25) is 0 Å². The molecule has 284 valence electrons. The number of imidazole rings is 1. The fourth-order valence-electron chi connectivity index (χ4n) is 7.79. The molecule has 6 aromatic carbocycles. The largest absolute Gasteiger partial charge is 0.507 e. The molecule has 0 saturated heterocycles. The van der Waals surface area contributed by atoms with Crippen molar-refractivity contribution in [3.8, 4) is 67.5 Å². The molecule has 57 heavy (non-hydrogen) atoms. The molecule has 0 amide bonds. The Bertz CT molecular complexity index is 2800. The maximum absolute atomic E-state index is 11.3. The lowest BCUT2D eigenvalue weighted by Crippen LogP contribution is -2.11. The number of pyridine rings is 1. The van der Waals surface area contributed by atoms with Gasteiger partial charge in [-0.25, -0.2) is 4.98 Å². The monoisotopic (exact) mass is 747 g/mol. The van der Waals surface area contributed by atoms with Crippen LogP contribution in [0.3, 0.4) is 0 Å². The summed E-state index contributed by atoms with van der Waals surface area (Å²) in [6.07, 6.45) is 1.89. The fraction of sp³-hybridized carbons (Fsp3) is 0.208. The van der Waals surface area contributed by atoms with Crippen LogP contribution in [0.1, 0.15) is 85.2 Å². The second-order valence-electron chi connectivity index (χ2n) is 16.6. The average Bonchev–Trinajstić information content (AvgIpc) is 3.59. The maximum atomic E-state index is 11.3. The van der Waals surface area contributed by atoms with Crippen molar-refractivity contribution in [2.24, 2.45) is 0 Å². The zero-order valence-corrected chi connectivity index (χ0v) is 34.1. The quantitative estimate of drug-likeness (QED) is 0.168. The van der Waals surface area contributed by atoms with E-state index in [1.807, 2.05) is 70.3 Å². The molecule has 0 atom stereocenters. The van der Waals surface area contributed by atoms with Crippen molar-refractivity contribution in [2.45, 2.75) is 72.6 Å². The minimum atomic E-state index is -0.867. The van der Waals surface area contributed by atoms with Crippen LogP contribution in [0, 0.1) is 6.92 Å². The van der Waals surface area contributed by atoms with Crippen molar-refractivity contribution in [1.29, 1.82) is 0 Å². The Labute approximate surface area is 340 Å². The van der Waals surface area contributed by atoms with Gasteiger partial charge in [0.1, 0.15) is 11.6 Å². The molecule has 0 bridgehead atoms. The molecule has 0 spiro atoms. The first kappa shape index (κ1) is 35.2. The van der Waals surface area contributed by atoms with Gasteiger partial charge in [0.15, 0.2) is 0 Å². The van der Waals surface area contributed by atoms with Crippen molar-refractivity contribution in [3.63, 3.8) is 0 Å². The summed E-state index contributed by atoms with van der Waals surface area (Å²) in [5.41, 5.74) is 15.3. The molecule has 0 saturated carbocycles. The van der Waals surface area contributed by atoms with E-state index in [1.54, 1.807) is 6.07 Å². The number of rotatable bonds is 8. The van der Waals surface area contributed by atoms with E-state index in [-0.39, 0.29) is 11.2 Å². The third kappa shape index (κ3) is 7.29. The number of phenolic OH excluding ortho intramolecular Hbond substituents is 1. The predicted octanol–water partition coefficient (Wildman–Crippen LogP) is 14.3. The molecule has 8 rings (SSSR count). The van der Waals surface area contributed by atoms with Crippen LogP contribution in [0.2, 0.25) is 0 Å². The first-order valence-corrected chi connectivity index (χ1v) is 19.7. The molecule has 4 heteroatoms. The van der Waals surface area contributed by atoms with E-state index in [2.05, 4.69) is 129 Å². The van der Waals surface area contributed by atoms with Crippen molar-refractivity contribution < 1.29 is 7.85 Å². The number of phenols is 1. The van der Waals surface area contributed by atoms with Gasteiger partial charge < -0.3 is 5.11 Å². The number of nitrogens with zero attached hydrogens (tertiary/aromatic N) is 3. The van der Waals surface area contributed by atoms with Gasteiger partial charge in [-0.3, -0.25) is 9.55 Å². The van der Waals surface area contributed by atoms with Crippen LogP contribution in [-0.4, -0.2) is 19.6 Å². The minimum absolute atomic E-state index is 0.141. The summed E-state index contributed by atoms with van der Waals surface area (Å²) in [7, 11) is 0. The normalized spacial score (nSPS) is 12.8. The SMILES string of the molecule is [2H]C(C)(C)c1cccc(C([2H])(C)C)c1-c1ccc(-n2c(-c3ccccc3O)nc3c(-c4cc(-c5cc(-c6ccc(C)cc6)ccn5)cc(C(C)(C)C)c4)cccc32)cc1. The van der Waals surface area contributed by atoms with Crippen LogP contribution in [0.5, 0.6) is 5.75 Å². The van der Waals surface area contributed by atoms with Gasteiger partial charge in [-0.15, -0.1) is 0 Å². The van der Waals surface area contributed by atoms with Gasteiger partial charge in [0.25, 0.3) is 0 Å². The number of aromatic nitrogens is 3. The maximum Gasteiger partial charge on any atom is 0.149 e. The molecule has 0 fully saturated rings. The number of hydrogen-bond acceptors (Lipinski definition) is 3. The summed E-state index contributed by atoms with van der Waals surface area (Å²) in [5.74, 6) is -0.964. The molecule has 2 heterocycles. The Balaban J connectivity index is 1.32. The number of aromatic hydroxyl groups is 1. The Hall–Kier alpha value is -6.26. The van der Waals surface area contributed by atoms with E-state index in [0.717, 1.165) is 72.5 Å². The number of hydrogen-bond donors (Lipinski definition) is 1. The molecule has 8 aromatic rings. The number of para-hydroxylation sites is 2. The molecule has 4 nitrogen and oxygen atoms in total. The van der Waals surface area contributed by atoms with Crippen LogP contribution in [-0.2, 0) is 5.41 Å². The zero-order valence-electron chi connectivity index (χ0n) is 36.1. The summed E-state index contributed by atoms with van der Waals surface area (Å²) in [5, 5.41) is 11.3. The highest BCUT2D eigenvalue weighted by Crippen LogP contribution is 2.41. The number of benzene rings is 6. The molecule has 0 aliphatic rings. The van der Waals surface area contributed by atoms with Gasteiger partial charge in [-0.2, -0.15) is 0 Å². The second-order valence-corrected chi connectivity index (χ2v) is 16.6. The zero-order chi connectivity index (χ0) is 41.9. The third-order valence-electron chi connectivity index (χ3n) is 10.9. The van der Waals surface area contributed by atoms with Crippen LogP contribution in [0.25, 0.3) is 72.7 Å². The van der Waals surface area contributed by atoms with E-state index in [4.69, 9.17) is 12.7 Å². The minimum Gasteiger partial charge on any atom is -0.507 e. The predicted molar refractivity (Wildman–Crippen MR) is 239 cm³/mol.